The fraction of sp³-hybridized carbons (Fsp3) is 0.417. The Morgan fingerprint density at radius 3 is 1.80 bits per heavy atom. The number of hydrogen-bond donors (Lipinski definition) is 0. The highest BCUT2D eigenvalue weighted by molar-refractivity contribution is 5.75. The molecule has 0 aliphatic rings. The molecule has 0 heterocycles. The van der Waals surface area contributed by atoms with Crippen molar-refractivity contribution in [2.24, 2.45) is 0 Å². The number of rotatable bonds is 5. The average molecular weight is 298 g/mol. The Morgan fingerprint density at radius 2 is 1.40 bits per heavy atom. The zero-order valence-electron chi connectivity index (χ0n) is 10.6. The summed E-state index contributed by atoms with van der Waals surface area (Å²) in [6.07, 6.45) is -1.54. The summed E-state index contributed by atoms with van der Waals surface area (Å²) in [4.78, 5) is 11.4. The van der Waals surface area contributed by atoms with Crippen LogP contribution in [0.4, 0.5) is 22.0 Å². The summed E-state index contributed by atoms with van der Waals surface area (Å²) >= 11 is 0. The molecule has 0 fully saturated rings. The minimum absolute atomic E-state index is 0.0181. The van der Waals surface area contributed by atoms with Crippen LogP contribution in [0.5, 0.6) is 5.75 Å². The van der Waals surface area contributed by atoms with Crippen molar-refractivity contribution in [1.82, 2.24) is 0 Å². The van der Waals surface area contributed by atoms with Crippen molar-refractivity contribution in [2.45, 2.75) is 26.4 Å². The predicted octanol–water partition coefficient (Wildman–Crippen LogP) is 3.10. The molecule has 1 unspecified atom stereocenters. The van der Waals surface area contributed by atoms with Crippen LogP contribution in [-0.4, -0.2) is 18.7 Å². The molecule has 0 aliphatic carbocycles. The highest BCUT2D eigenvalue weighted by Crippen LogP contribution is 2.30. The van der Waals surface area contributed by atoms with Crippen molar-refractivity contribution in [3.8, 4) is 5.75 Å². The van der Waals surface area contributed by atoms with Crippen molar-refractivity contribution >= 4 is 5.97 Å². The van der Waals surface area contributed by atoms with Gasteiger partial charge in [0.25, 0.3) is 0 Å². The van der Waals surface area contributed by atoms with Gasteiger partial charge in [0.05, 0.1) is 6.61 Å². The van der Waals surface area contributed by atoms with E-state index in [2.05, 4.69) is 9.47 Å². The average Bonchev–Trinajstić information content (AvgIpc) is 2.43. The maximum atomic E-state index is 13.4. The molecule has 112 valence electrons. The topological polar surface area (TPSA) is 35.5 Å². The molecular formula is C12H11F5O3. The van der Waals surface area contributed by atoms with Gasteiger partial charge in [0.15, 0.2) is 11.9 Å². The minimum Gasteiger partial charge on any atom is -0.472 e. The van der Waals surface area contributed by atoms with E-state index in [4.69, 9.17) is 0 Å². The molecule has 0 amide bonds. The largest absolute Gasteiger partial charge is 0.472 e. The second-order valence-electron chi connectivity index (χ2n) is 3.67. The van der Waals surface area contributed by atoms with Crippen molar-refractivity contribution in [3.63, 3.8) is 0 Å². The maximum Gasteiger partial charge on any atom is 0.347 e. The molecule has 0 spiro atoms. The van der Waals surface area contributed by atoms with Crippen LogP contribution in [0.3, 0.4) is 0 Å². The van der Waals surface area contributed by atoms with E-state index in [1.54, 1.807) is 0 Å². The van der Waals surface area contributed by atoms with Gasteiger partial charge in [-0.2, -0.15) is 8.78 Å². The van der Waals surface area contributed by atoms with Gasteiger partial charge < -0.3 is 9.47 Å². The fourth-order valence-corrected chi connectivity index (χ4v) is 1.36. The minimum atomic E-state index is -2.29. The van der Waals surface area contributed by atoms with Crippen LogP contribution in [0, 0.1) is 29.1 Å². The summed E-state index contributed by atoms with van der Waals surface area (Å²) in [5, 5.41) is 0. The molecule has 20 heavy (non-hydrogen) atoms. The van der Waals surface area contributed by atoms with Crippen molar-refractivity contribution < 1.29 is 36.2 Å². The highest BCUT2D eigenvalue weighted by atomic mass is 19.2. The van der Waals surface area contributed by atoms with E-state index < -0.39 is 46.9 Å². The van der Waals surface area contributed by atoms with E-state index in [1.165, 1.54) is 13.8 Å². The monoisotopic (exact) mass is 298 g/mol. The second-order valence-corrected chi connectivity index (χ2v) is 3.67. The van der Waals surface area contributed by atoms with E-state index in [1.807, 2.05) is 0 Å². The molecule has 1 rings (SSSR count). The van der Waals surface area contributed by atoms with Crippen LogP contribution >= 0.6 is 0 Å². The van der Waals surface area contributed by atoms with Crippen molar-refractivity contribution in [3.05, 3.63) is 29.1 Å². The third-order valence-corrected chi connectivity index (χ3v) is 2.35. The number of benzene rings is 1. The first-order valence-electron chi connectivity index (χ1n) is 5.69. The molecule has 0 N–H and O–H groups in total. The van der Waals surface area contributed by atoms with Crippen LogP contribution in [0.1, 0.15) is 20.3 Å². The zero-order chi connectivity index (χ0) is 15.4. The Morgan fingerprint density at radius 1 is 0.950 bits per heavy atom. The molecule has 1 atom stereocenters. The lowest BCUT2D eigenvalue weighted by Crippen LogP contribution is -2.29. The smallest absolute Gasteiger partial charge is 0.347 e. The predicted molar refractivity (Wildman–Crippen MR) is 57.6 cm³/mol. The van der Waals surface area contributed by atoms with Crippen molar-refractivity contribution in [1.29, 1.82) is 0 Å². The fourth-order valence-electron chi connectivity index (χ4n) is 1.36. The van der Waals surface area contributed by atoms with Gasteiger partial charge in [0.1, 0.15) is 0 Å². The first-order chi connectivity index (χ1) is 9.34. The molecular weight excluding hydrogens is 287 g/mol. The van der Waals surface area contributed by atoms with E-state index in [-0.39, 0.29) is 13.0 Å². The van der Waals surface area contributed by atoms with Gasteiger partial charge in [0, 0.05) is 0 Å². The maximum absolute atomic E-state index is 13.4. The van der Waals surface area contributed by atoms with Gasteiger partial charge in [-0.15, -0.1) is 0 Å². The molecule has 0 radical (unpaired) electrons. The second kappa shape index (κ2) is 6.53. The summed E-state index contributed by atoms with van der Waals surface area (Å²) in [7, 11) is 0. The Balaban J connectivity index is 3.17. The SMILES string of the molecule is CCOC(=O)C(CC)Oc1c(F)c(F)c(F)c(F)c1F. The molecule has 0 saturated heterocycles. The number of halogens is 5. The number of ether oxygens (including phenoxy) is 2. The molecule has 3 nitrogen and oxygen atoms in total. The lowest BCUT2D eigenvalue weighted by molar-refractivity contribution is -0.151. The number of carbonyl (C=O) groups is 1. The summed E-state index contributed by atoms with van der Waals surface area (Å²) < 4.78 is 74.6. The molecule has 8 heteroatoms. The highest BCUT2D eigenvalue weighted by Gasteiger charge is 2.30. The molecule has 1 aromatic rings. The van der Waals surface area contributed by atoms with Crippen molar-refractivity contribution in [2.75, 3.05) is 6.61 Å². The Labute approximate surface area is 111 Å². The van der Waals surface area contributed by atoms with Gasteiger partial charge in [-0.3, -0.25) is 0 Å². The zero-order valence-corrected chi connectivity index (χ0v) is 10.6. The first kappa shape index (κ1) is 16.2. The van der Waals surface area contributed by atoms with Crippen LogP contribution in [0.2, 0.25) is 0 Å². The van der Waals surface area contributed by atoms with Gasteiger partial charge in [0.2, 0.25) is 29.1 Å². The Kier molecular flexibility index (Phi) is 5.29. The van der Waals surface area contributed by atoms with Crippen LogP contribution in [0.15, 0.2) is 0 Å². The van der Waals surface area contributed by atoms with Crippen LogP contribution in [0.25, 0.3) is 0 Å². The third kappa shape index (κ3) is 3.00. The van der Waals surface area contributed by atoms with E-state index >= 15 is 0 Å². The molecule has 0 aromatic heterocycles. The Hall–Kier alpha value is -1.86. The van der Waals surface area contributed by atoms with Gasteiger partial charge in [-0.05, 0) is 13.3 Å². The summed E-state index contributed by atoms with van der Waals surface area (Å²) in [6.45, 7) is 2.90. The van der Waals surface area contributed by atoms with Gasteiger partial charge >= 0.3 is 5.97 Å². The summed E-state index contributed by atoms with van der Waals surface area (Å²) in [5.74, 6) is -13.3. The summed E-state index contributed by atoms with van der Waals surface area (Å²) in [5.41, 5.74) is 0. The van der Waals surface area contributed by atoms with Crippen LogP contribution in [-0.2, 0) is 9.53 Å². The molecule has 0 saturated carbocycles. The standard InChI is InChI=1S/C12H11F5O3/c1-3-5(12(18)19-4-2)20-11-9(16)7(14)6(13)8(15)10(11)17/h5H,3-4H2,1-2H3. The van der Waals surface area contributed by atoms with Gasteiger partial charge in [-0.25, -0.2) is 18.0 Å². The molecule has 0 aliphatic heterocycles. The Bertz CT molecular complexity index is 489. The third-order valence-electron chi connectivity index (χ3n) is 2.35. The molecule has 1 aromatic carbocycles. The number of esters is 1. The van der Waals surface area contributed by atoms with E-state index in [0.29, 0.717) is 0 Å². The van der Waals surface area contributed by atoms with E-state index in [9.17, 15) is 26.7 Å². The number of carbonyl (C=O) groups excluding carboxylic acids is 1. The lowest BCUT2D eigenvalue weighted by Gasteiger charge is -2.17. The first-order valence-corrected chi connectivity index (χ1v) is 5.69. The van der Waals surface area contributed by atoms with Gasteiger partial charge in [-0.1, -0.05) is 6.92 Å². The van der Waals surface area contributed by atoms with E-state index in [0.717, 1.165) is 0 Å². The lowest BCUT2D eigenvalue weighted by atomic mass is 10.2. The van der Waals surface area contributed by atoms with Crippen LogP contribution < -0.4 is 4.74 Å². The molecule has 0 bridgehead atoms. The quantitative estimate of drug-likeness (QED) is 0.363. The normalized spacial score (nSPS) is 12.2. The number of hydrogen-bond acceptors (Lipinski definition) is 3. The summed E-state index contributed by atoms with van der Waals surface area (Å²) in [6, 6.07) is 0.